The quantitative estimate of drug-likeness (QED) is 0.913. The monoisotopic (exact) mass is 261 g/mol. The molecule has 0 saturated heterocycles. The number of halogens is 1. The molecule has 19 heavy (non-hydrogen) atoms. The first-order valence-electron chi connectivity index (χ1n) is 5.97. The molecule has 0 amide bonds. The number of methoxy groups -OCH3 is 1. The maximum absolute atomic E-state index is 13.3. The topological polar surface area (TPSA) is 44.5 Å². The summed E-state index contributed by atoms with van der Waals surface area (Å²) in [5, 5.41) is 0. The van der Waals surface area contributed by atoms with E-state index in [-0.39, 0.29) is 11.9 Å². The average Bonchev–Trinajstić information content (AvgIpc) is 2.41. The summed E-state index contributed by atoms with van der Waals surface area (Å²) < 4.78 is 24.2. The molecule has 100 valence electrons. The Morgan fingerprint density at radius 2 is 1.74 bits per heavy atom. The molecule has 2 rings (SSSR count). The van der Waals surface area contributed by atoms with Crippen molar-refractivity contribution in [3.05, 3.63) is 53.8 Å². The van der Waals surface area contributed by atoms with Crippen LogP contribution in [0.1, 0.15) is 18.5 Å². The third kappa shape index (κ3) is 3.03. The van der Waals surface area contributed by atoms with Crippen LogP contribution in [0.15, 0.2) is 42.5 Å². The van der Waals surface area contributed by atoms with Gasteiger partial charge in [-0.15, -0.1) is 0 Å². The molecule has 3 nitrogen and oxygen atoms in total. The third-order valence-electron chi connectivity index (χ3n) is 2.75. The van der Waals surface area contributed by atoms with E-state index < -0.39 is 0 Å². The fourth-order valence-corrected chi connectivity index (χ4v) is 1.79. The van der Waals surface area contributed by atoms with Gasteiger partial charge < -0.3 is 15.2 Å². The van der Waals surface area contributed by atoms with Gasteiger partial charge in [-0.3, -0.25) is 0 Å². The summed E-state index contributed by atoms with van der Waals surface area (Å²) in [6.45, 7) is 1.78. The molecule has 0 aliphatic rings. The van der Waals surface area contributed by atoms with Crippen LogP contribution in [0.3, 0.4) is 0 Å². The Morgan fingerprint density at radius 1 is 1.05 bits per heavy atom. The van der Waals surface area contributed by atoms with Gasteiger partial charge in [0.1, 0.15) is 11.6 Å². The van der Waals surface area contributed by atoms with Crippen LogP contribution in [0.2, 0.25) is 0 Å². The lowest BCUT2D eigenvalue weighted by molar-refractivity contribution is 0.376. The molecule has 0 heterocycles. The van der Waals surface area contributed by atoms with Gasteiger partial charge in [-0.25, -0.2) is 4.39 Å². The molecule has 2 N–H and O–H groups in total. The van der Waals surface area contributed by atoms with E-state index in [0.29, 0.717) is 22.8 Å². The molecule has 0 radical (unpaired) electrons. The summed E-state index contributed by atoms with van der Waals surface area (Å²) in [6.07, 6.45) is 0. The second kappa shape index (κ2) is 5.71. The Labute approximate surface area is 111 Å². The van der Waals surface area contributed by atoms with Crippen molar-refractivity contribution in [3.63, 3.8) is 0 Å². The molecule has 0 aromatic heterocycles. The van der Waals surface area contributed by atoms with Crippen molar-refractivity contribution in [1.29, 1.82) is 0 Å². The molecule has 0 saturated carbocycles. The van der Waals surface area contributed by atoms with Crippen molar-refractivity contribution in [3.8, 4) is 17.2 Å². The molecule has 1 unspecified atom stereocenters. The molecular formula is C15H16FNO2. The Kier molecular flexibility index (Phi) is 4.02. The standard InChI is InChI=1S/C15H16FNO2/c1-10(17)12-9-11(16)7-8-13(12)19-15-6-4-3-5-14(15)18-2/h3-10H,17H2,1-2H3. The van der Waals surface area contributed by atoms with E-state index in [1.54, 1.807) is 32.2 Å². The number of hydrogen-bond acceptors (Lipinski definition) is 3. The smallest absolute Gasteiger partial charge is 0.169 e. The highest BCUT2D eigenvalue weighted by Gasteiger charge is 2.12. The molecule has 0 aliphatic heterocycles. The molecule has 0 aliphatic carbocycles. The Balaban J connectivity index is 2.38. The first kappa shape index (κ1) is 13.4. The zero-order chi connectivity index (χ0) is 13.8. The van der Waals surface area contributed by atoms with Crippen molar-refractivity contribution in [2.24, 2.45) is 5.73 Å². The number of nitrogens with two attached hydrogens (primary N) is 1. The largest absolute Gasteiger partial charge is 0.493 e. The Hall–Kier alpha value is -2.07. The Morgan fingerprint density at radius 3 is 2.37 bits per heavy atom. The van der Waals surface area contributed by atoms with Gasteiger partial charge in [-0.2, -0.15) is 0 Å². The number of ether oxygens (including phenoxy) is 2. The van der Waals surface area contributed by atoms with Crippen molar-refractivity contribution in [1.82, 2.24) is 0 Å². The van der Waals surface area contributed by atoms with Crippen molar-refractivity contribution in [2.45, 2.75) is 13.0 Å². The van der Waals surface area contributed by atoms with E-state index in [0.717, 1.165) is 0 Å². The highest BCUT2D eigenvalue weighted by molar-refractivity contribution is 5.45. The van der Waals surface area contributed by atoms with Crippen LogP contribution >= 0.6 is 0 Å². The highest BCUT2D eigenvalue weighted by Crippen LogP contribution is 2.34. The van der Waals surface area contributed by atoms with Crippen LogP contribution in [0.4, 0.5) is 4.39 Å². The zero-order valence-corrected chi connectivity index (χ0v) is 10.9. The molecule has 1 atom stereocenters. The van der Waals surface area contributed by atoms with Crippen molar-refractivity contribution >= 4 is 0 Å². The second-order valence-electron chi connectivity index (χ2n) is 4.22. The van der Waals surface area contributed by atoms with E-state index in [1.165, 1.54) is 12.1 Å². The number of rotatable bonds is 4. The molecule has 2 aromatic carbocycles. The lowest BCUT2D eigenvalue weighted by Gasteiger charge is -2.15. The van der Waals surface area contributed by atoms with Crippen molar-refractivity contribution in [2.75, 3.05) is 7.11 Å². The molecule has 0 fully saturated rings. The molecule has 0 bridgehead atoms. The normalized spacial score (nSPS) is 12.0. The Bertz CT molecular complexity index is 570. The summed E-state index contributed by atoms with van der Waals surface area (Å²) in [5.74, 6) is 1.38. The predicted octanol–water partition coefficient (Wildman–Crippen LogP) is 3.65. The maximum Gasteiger partial charge on any atom is 0.169 e. The summed E-state index contributed by atoms with van der Waals surface area (Å²) in [6, 6.07) is 11.3. The van der Waals surface area contributed by atoms with E-state index in [2.05, 4.69) is 0 Å². The van der Waals surface area contributed by atoms with Crippen LogP contribution in [0.5, 0.6) is 17.2 Å². The third-order valence-corrected chi connectivity index (χ3v) is 2.75. The van der Waals surface area contributed by atoms with Crippen LogP contribution in [-0.2, 0) is 0 Å². The predicted molar refractivity (Wildman–Crippen MR) is 72.1 cm³/mol. The van der Waals surface area contributed by atoms with Gasteiger partial charge in [0, 0.05) is 11.6 Å². The first-order valence-corrected chi connectivity index (χ1v) is 5.97. The fraction of sp³-hybridized carbons (Fsp3) is 0.200. The zero-order valence-electron chi connectivity index (χ0n) is 10.9. The highest BCUT2D eigenvalue weighted by atomic mass is 19.1. The van der Waals surface area contributed by atoms with Gasteiger partial charge in [-0.1, -0.05) is 12.1 Å². The molecule has 4 heteroatoms. The summed E-state index contributed by atoms with van der Waals surface area (Å²) >= 11 is 0. The molecular weight excluding hydrogens is 245 g/mol. The van der Waals surface area contributed by atoms with Gasteiger partial charge in [0.25, 0.3) is 0 Å². The van der Waals surface area contributed by atoms with Gasteiger partial charge >= 0.3 is 0 Å². The number of hydrogen-bond donors (Lipinski definition) is 1. The minimum Gasteiger partial charge on any atom is -0.493 e. The van der Waals surface area contributed by atoms with Gasteiger partial charge in [0.05, 0.1) is 7.11 Å². The average molecular weight is 261 g/mol. The van der Waals surface area contributed by atoms with Crippen LogP contribution in [-0.4, -0.2) is 7.11 Å². The van der Waals surface area contributed by atoms with Gasteiger partial charge in [-0.05, 0) is 37.3 Å². The summed E-state index contributed by atoms with van der Waals surface area (Å²) in [5.41, 5.74) is 6.45. The van der Waals surface area contributed by atoms with Gasteiger partial charge in [0.15, 0.2) is 11.5 Å². The summed E-state index contributed by atoms with van der Waals surface area (Å²) in [7, 11) is 1.57. The summed E-state index contributed by atoms with van der Waals surface area (Å²) in [4.78, 5) is 0. The van der Waals surface area contributed by atoms with E-state index in [9.17, 15) is 4.39 Å². The molecule has 2 aromatic rings. The van der Waals surface area contributed by atoms with E-state index in [4.69, 9.17) is 15.2 Å². The van der Waals surface area contributed by atoms with Crippen LogP contribution < -0.4 is 15.2 Å². The first-order chi connectivity index (χ1) is 9.11. The fourth-order valence-electron chi connectivity index (χ4n) is 1.79. The van der Waals surface area contributed by atoms with Crippen LogP contribution in [0.25, 0.3) is 0 Å². The molecule has 0 spiro atoms. The minimum atomic E-state index is -0.334. The van der Waals surface area contributed by atoms with Crippen LogP contribution in [0, 0.1) is 5.82 Å². The van der Waals surface area contributed by atoms with E-state index in [1.807, 2.05) is 12.1 Å². The number of benzene rings is 2. The van der Waals surface area contributed by atoms with Crippen molar-refractivity contribution < 1.29 is 13.9 Å². The SMILES string of the molecule is COc1ccccc1Oc1ccc(F)cc1C(C)N. The second-order valence-corrected chi connectivity index (χ2v) is 4.22. The van der Waals surface area contributed by atoms with Gasteiger partial charge in [0.2, 0.25) is 0 Å². The van der Waals surface area contributed by atoms with E-state index >= 15 is 0 Å². The maximum atomic E-state index is 13.3. The minimum absolute atomic E-state index is 0.319. The lowest BCUT2D eigenvalue weighted by atomic mass is 10.1. The lowest BCUT2D eigenvalue weighted by Crippen LogP contribution is -2.07. The number of para-hydroxylation sites is 2.